The lowest BCUT2D eigenvalue weighted by atomic mass is 9.95. The number of anilines is 1. The second kappa shape index (κ2) is 6.71. The van der Waals surface area contributed by atoms with Gasteiger partial charge >= 0.3 is 0 Å². The highest BCUT2D eigenvalue weighted by molar-refractivity contribution is 7.92. The Labute approximate surface area is 152 Å². The van der Waals surface area contributed by atoms with Crippen molar-refractivity contribution in [2.45, 2.75) is 45.1 Å². The van der Waals surface area contributed by atoms with E-state index in [1.807, 2.05) is 0 Å². The minimum atomic E-state index is -3.43. The third-order valence-corrected chi connectivity index (χ3v) is 5.15. The SMILES string of the molecule is Cc1nc(C2(NC(=O)c3ccc(C)c(NS(C)(=O)=O)c3)CCCC2)no1. The summed E-state index contributed by atoms with van der Waals surface area (Å²) in [6, 6.07) is 4.92. The zero-order valence-electron chi connectivity index (χ0n) is 15.0. The number of amides is 1. The summed E-state index contributed by atoms with van der Waals surface area (Å²) in [5.41, 5.74) is 0.838. The molecule has 1 aromatic heterocycles. The maximum Gasteiger partial charge on any atom is 0.252 e. The van der Waals surface area contributed by atoms with Gasteiger partial charge in [-0.25, -0.2) is 8.42 Å². The Morgan fingerprint density at radius 1 is 1.23 bits per heavy atom. The van der Waals surface area contributed by atoms with Crippen molar-refractivity contribution >= 4 is 21.6 Å². The molecular formula is C17H22N4O4S. The monoisotopic (exact) mass is 378 g/mol. The van der Waals surface area contributed by atoms with Crippen molar-refractivity contribution in [1.29, 1.82) is 0 Å². The van der Waals surface area contributed by atoms with Crippen LogP contribution in [0.2, 0.25) is 0 Å². The number of hydrogen-bond acceptors (Lipinski definition) is 6. The summed E-state index contributed by atoms with van der Waals surface area (Å²) in [4.78, 5) is 17.1. The summed E-state index contributed by atoms with van der Waals surface area (Å²) in [7, 11) is -3.43. The fraction of sp³-hybridized carbons (Fsp3) is 0.471. The molecule has 1 aliphatic carbocycles. The first kappa shape index (κ1) is 18.4. The first-order chi connectivity index (χ1) is 12.2. The van der Waals surface area contributed by atoms with Gasteiger partial charge in [-0.1, -0.05) is 24.1 Å². The van der Waals surface area contributed by atoms with Gasteiger partial charge in [-0.2, -0.15) is 4.98 Å². The molecule has 140 valence electrons. The molecule has 0 spiro atoms. The van der Waals surface area contributed by atoms with Crippen molar-refractivity contribution < 1.29 is 17.7 Å². The number of nitrogens with zero attached hydrogens (tertiary/aromatic N) is 2. The first-order valence-corrected chi connectivity index (χ1v) is 10.3. The van der Waals surface area contributed by atoms with E-state index in [1.54, 1.807) is 26.0 Å². The predicted octanol–water partition coefficient (Wildman–Crippen LogP) is 2.26. The zero-order valence-corrected chi connectivity index (χ0v) is 15.8. The Kier molecular flexibility index (Phi) is 4.74. The quantitative estimate of drug-likeness (QED) is 0.825. The fourth-order valence-corrected chi connectivity index (χ4v) is 3.86. The molecule has 0 saturated heterocycles. The first-order valence-electron chi connectivity index (χ1n) is 8.40. The van der Waals surface area contributed by atoms with E-state index in [1.165, 1.54) is 6.07 Å². The van der Waals surface area contributed by atoms with Crippen molar-refractivity contribution in [2.75, 3.05) is 11.0 Å². The summed E-state index contributed by atoms with van der Waals surface area (Å²) < 4.78 is 30.6. The lowest BCUT2D eigenvalue weighted by Crippen LogP contribution is -2.44. The molecule has 0 atom stereocenters. The molecule has 1 fully saturated rings. The molecule has 9 heteroatoms. The number of carbonyl (C=O) groups is 1. The third-order valence-electron chi connectivity index (χ3n) is 4.56. The van der Waals surface area contributed by atoms with Gasteiger partial charge in [-0.3, -0.25) is 9.52 Å². The van der Waals surface area contributed by atoms with E-state index in [4.69, 9.17) is 4.52 Å². The maximum absolute atomic E-state index is 12.8. The molecule has 1 saturated carbocycles. The van der Waals surface area contributed by atoms with Gasteiger partial charge in [0.2, 0.25) is 15.9 Å². The minimum Gasteiger partial charge on any atom is -0.340 e. The number of rotatable bonds is 5. The molecule has 0 bridgehead atoms. The van der Waals surface area contributed by atoms with Crippen molar-refractivity contribution in [2.24, 2.45) is 0 Å². The van der Waals surface area contributed by atoms with E-state index < -0.39 is 15.6 Å². The lowest BCUT2D eigenvalue weighted by Gasteiger charge is -2.27. The summed E-state index contributed by atoms with van der Waals surface area (Å²) in [6.07, 6.45) is 4.46. The Bertz CT molecular complexity index is 930. The van der Waals surface area contributed by atoms with Gasteiger partial charge in [-0.15, -0.1) is 0 Å². The average Bonchev–Trinajstić information content (AvgIpc) is 3.18. The molecule has 0 radical (unpaired) electrons. The molecule has 0 unspecified atom stereocenters. The Morgan fingerprint density at radius 2 is 1.92 bits per heavy atom. The van der Waals surface area contributed by atoms with Gasteiger partial charge < -0.3 is 9.84 Å². The van der Waals surface area contributed by atoms with E-state index in [9.17, 15) is 13.2 Å². The van der Waals surface area contributed by atoms with Gasteiger partial charge in [0.05, 0.1) is 11.9 Å². The van der Waals surface area contributed by atoms with Crippen molar-refractivity contribution in [1.82, 2.24) is 15.5 Å². The molecule has 2 N–H and O–H groups in total. The fourth-order valence-electron chi connectivity index (χ4n) is 3.24. The number of aromatic nitrogens is 2. The molecule has 1 aliphatic rings. The van der Waals surface area contributed by atoms with E-state index in [0.717, 1.165) is 37.5 Å². The zero-order chi connectivity index (χ0) is 18.9. The van der Waals surface area contributed by atoms with E-state index in [2.05, 4.69) is 20.2 Å². The van der Waals surface area contributed by atoms with Crippen LogP contribution in [0.25, 0.3) is 0 Å². The highest BCUT2D eigenvalue weighted by Crippen LogP contribution is 2.37. The van der Waals surface area contributed by atoms with Crippen LogP contribution < -0.4 is 10.0 Å². The van der Waals surface area contributed by atoms with E-state index in [-0.39, 0.29) is 5.91 Å². The van der Waals surface area contributed by atoms with Gasteiger partial charge in [0.15, 0.2) is 5.82 Å². The largest absolute Gasteiger partial charge is 0.340 e. The normalized spacial score (nSPS) is 16.4. The topological polar surface area (TPSA) is 114 Å². The Hall–Kier alpha value is -2.42. The van der Waals surface area contributed by atoms with Gasteiger partial charge in [0.25, 0.3) is 5.91 Å². The molecule has 2 aromatic rings. The van der Waals surface area contributed by atoms with Crippen LogP contribution in [0.5, 0.6) is 0 Å². The number of carbonyl (C=O) groups excluding carboxylic acids is 1. The smallest absolute Gasteiger partial charge is 0.252 e. The van der Waals surface area contributed by atoms with Crippen molar-refractivity contribution in [3.8, 4) is 0 Å². The molecular weight excluding hydrogens is 356 g/mol. The Morgan fingerprint density at radius 3 is 2.50 bits per heavy atom. The van der Waals surface area contributed by atoms with E-state index >= 15 is 0 Å². The lowest BCUT2D eigenvalue weighted by molar-refractivity contribution is 0.0892. The number of aryl methyl sites for hydroxylation is 2. The van der Waals surface area contributed by atoms with Crippen LogP contribution in [0, 0.1) is 13.8 Å². The van der Waals surface area contributed by atoms with Crippen molar-refractivity contribution in [3.05, 3.63) is 41.0 Å². The minimum absolute atomic E-state index is 0.300. The Balaban J connectivity index is 1.88. The van der Waals surface area contributed by atoms with Crippen LogP contribution in [-0.4, -0.2) is 30.7 Å². The number of benzene rings is 1. The summed E-state index contributed by atoms with van der Waals surface area (Å²) >= 11 is 0. The third kappa shape index (κ3) is 3.87. The molecule has 0 aliphatic heterocycles. The number of hydrogen-bond donors (Lipinski definition) is 2. The van der Waals surface area contributed by atoms with E-state index in [0.29, 0.717) is 23.0 Å². The molecule has 1 aromatic carbocycles. The number of nitrogens with one attached hydrogen (secondary N) is 2. The van der Waals surface area contributed by atoms with Gasteiger partial charge in [-0.05, 0) is 37.5 Å². The average molecular weight is 378 g/mol. The van der Waals surface area contributed by atoms with Crippen LogP contribution in [-0.2, 0) is 15.6 Å². The standard InChI is InChI=1S/C17H22N4O4S/c1-11-6-7-13(10-14(11)21-26(3,23)24)15(22)19-17(8-4-5-9-17)16-18-12(2)25-20-16/h6-7,10,21H,4-5,8-9H2,1-3H3,(H,19,22). The summed E-state index contributed by atoms with van der Waals surface area (Å²) in [6.45, 7) is 3.49. The second-order valence-electron chi connectivity index (χ2n) is 6.78. The van der Waals surface area contributed by atoms with Crippen LogP contribution in [0.15, 0.2) is 22.7 Å². The molecule has 1 amide bonds. The highest BCUT2D eigenvalue weighted by Gasteiger charge is 2.41. The van der Waals surface area contributed by atoms with Crippen LogP contribution in [0.3, 0.4) is 0 Å². The highest BCUT2D eigenvalue weighted by atomic mass is 32.2. The van der Waals surface area contributed by atoms with Crippen LogP contribution in [0.1, 0.15) is 53.3 Å². The number of sulfonamides is 1. The molecule has 8 nitrogen and oxygen atoms in total. The van der Waals surface area contributed by atoms with Gasteiger partial charge in [0, 0.05) is 12.5 Å². The predicted molar refractivity (Wildman–Crippen MR) is 96.3 cm³/mol. The molecule has 26 heavy (non-hydrogen) atoms. The van der Waals surface area contributed by atoms with Crippen LogP contribution in [0.4, 0.5) is 5.69 Å². The molecule has 1 heterocycles. The summed E-state index contributed by atoms with van der Waals surface area (Å²) in [5, 5.41) is 7.05. The van der Waals surface area contributed by atoms with Crippen LogP contribution >= 0.6 is 0 Å². The van der Waals surface area contributed by atoms with Gasteiger partial charge in [0.1, 0.15) is 5.54 Å². The maximum atomic E-state index is 12.8. The second-order valence-corrected chi connectivity index (χ2v) is 8.53. The summed E-state index contributed by atoms with van der Waals surface area (Å²) in [5.74, 6) is 0.642. The van der Waals surface area contributed by atoms with Crippen molar-refractivity contribution in [3.63, 3.8) is 0 Å². The molecule has 3 rings (SSSR count).